The fourth-order valence-corrected chi connectivity index (χ4v) is 3.42. The molecule has 1 aliphatic carbocycles. The van der Waals surface area contributed by atoms with E-state index in [1.54, 1.807) is 11.1 Å². The summed E-state index contributed by atoms with van der Waals surface area (Å²) in [5, 5.41) is 10.9. The fraction of sp³-hybridized carbons (Fsp3) is 0.647. The maximum Gasteiger partial charge on any atom is 0.410 e. The molecule has 22 heavy (non-hydrogen) atoms. The van der Waals surface area contributed by atoms with Crippen molar-refractivity contribution in [2.45, 2.75) is 57.2 Å². The van der Waals surface area contributed by atoms with Gasteiger partial charge >= 0.3 is 6.09 Å². The van der Waals surface area contributed by atoms with Crippen molar-refractivity contribution in [3.05, 3.63) is 29.6 Å². The number of aromatic nitrogens is 1. The topological polar surface area (TPSA) is 62.7 Å². The largest absolute Gasteiger partial charge is 0.444 e. The number of carbonyl (C=O) groups is 1. The zero-order chi connectivity index (χ0) is 16.0. The lowest BCUT2D eigenvalue weighted by Gasteiger charge is -2.51. The molecule has 2 heterocycles. The zero-order valence-corrected chi connectivity index (χ0v) is 13.5. The summed E-state index contributed by atoms with van der Waals surface area (Å²) in [5.41, 5.74) is 0.840. The molecular weight excluding hydrogens is 280 g/mol. The van der Waals surface area contributed by atoms with Crippen LogP contribution in [0.3, 0.4) is 0 Å². The van der Waals surface area contributed by atoms with Gasteiger partial charge in [0.15, 0.2) is 0 Å². The molecule has 0 saturated carbocycles. The van der Waals surface area contributed by atoms with Crippen molar-refractivity contribution in [1.29, 1.82) is 0 Å². The monoisotopic (exact) mass is 304 g/mol. The first kappa shape index (κ1) is 15.3. The average Bonchev–Trinajstić information content (AvgIpc) is 2.41. The number of rotatable bonds is 1. The Morgan fingerprint density at radius 2 is 2.18 bits per heavy atom. The molecule has 1 aromatic rings. The lowest BCUT2D eigenvalue weighted by atomic mass is 9.72. The molecule has 1 N–H and O–H groups in total. The van der Waals surface area contributed by atoms with Crippen molar-refractivity contribution in [3.8, 4) is 0 Å². The van der Waals surface area contributed by atoms with E-state index < -0.39 is 11.2 Å². The predicted molar refractivity (Wildman–Crippen MR) is 82.7 cm³/mol. The molecule has 5 heteroatoms. The van der Waals surface area contributed by atoms with Crippen LogP contribution >= 0.6 is 0 Å². The highest BCUT2D eigenvalue weighted by atomic mass is 16.6. The lowest BCUT2D eigenvalue weighted by molar-refractivity contribution is -0.116. The van der Waals surface area contributed by atoms with Crippen molar-refractivity contribution in [1.82, 2.24) is 9.88 Å². The third-order valence-electron chi connectivity index (χ3n) is 4.42. The van der Waals surface area contributed by atoms with Crippen molar-refractivity contribution in [2.75, 3.05) is 13.1 Å². The molecule has 2 aliphatic rings. The number of nitrogens with zero attached hydrogens (tertiary/aromatic N) is 2. The minimum absolute atomic E-state index is 0.0103. The third kappa shape index (κ3) is 2.82. The molecule has 1 atom stereocenters. The minimum Gasteiger partial charge on any atom is -0.444 e. The number of aliphatic hydroxyl groups is 1. The highest BCUT2D eigenvalue weighted by Crippen LogP contribution is 2.42. The van der Waals surface area contributed by atoms with Crippen molar-refractivity contribution in [2.24, 2.45) is 0 Å². The highest BCUT2D eigenvalue weighted by Gasteiger charge is 2.52. The van der Waals surface area contributed by atoms with Gasteiger partial charge in [0.05, 0.1) is 13.1 Å². The molecule has 0 aromatic carbocycles. The molecule has 0 bridgehead atoms. The van der Waals surface area contributed by atoms with Gasteiger partial charge in [-0.2, -0.15) is 0 Å². The summed E-state index contributed by atoms with van der Waals surface area (Å²) in [6.45, 7) is 6.18. The van der Waals surface area contributed by atoms with Crippen LogP contribution in [0.5, 0.6) is 0 Å². The summed E-state index contributed by atoms with van der Waals surface area (Å²) < 4.78 is 5.35. The maximum absolute atomic E-state index is 12.0. The second-order valence-electron chi connectivity index (χ2n) is 7.43. The molecule has 1 amide bonds. The molecule has 1 fully saturated rings. The van der Waals surface area contributed by atoms with E-state index in [0.717, 1.165) is 25.0 Å². The van der Waals surface area contributed by atoms with Crippen LogP contribution in [0, 0.1) is 0 Å². The first-order valence-corrected chi connectivity index (χ1v) is 7.93. The Balaban J connectivity index is 1.69. The Morgan fingerprint density at radius 1 is 1.45 bits per heavy atom. The molecule has 120 valence electrons. The van der Waals surface area contributed by atoms with Gasteiger partial charge in [-0.1, -0.05) is 6.07 Å². The van der Waals surface area contributed by atoms with Gasteiger partial charge in [0.1, 0.15) is 11.2 Å². The van der Waals surface area contributed by atoms with Crippen LogP contribution in [-0.2, 0) is 11.2 Å². The quantitative estimate of drug-likeness (QED) is 0.866. The lowest BCUT2D eigenvalue weighted by Crippen LogP contribution is -2.66. The first-order valence-electron chi connectivity index (χ1n) is 7.93. The van der Waals surface area contributed by atoms with Crippen LogP contribution in [0.25, 0.3) is 0 Å². The smallest absolute Gasteiger partial charge is 0.410 e. The highest BCUT2D eigenvalue weighted by molar-refractivity contribution is 5.69. The first-order chi connectivity index (χ1) is 10.3. The fourth-order valence-electron chi connectivity index (χ4n) is 3.42. The van der Waals surface area contributed by atoms with Gasteiger partial charge in [0, 0.05) is 17.8 Å². The van der Waals surface area contributed by atoms with E-state index >= 15 is 0 Å². The number of hydrogen-bond donors (Lipinski definition) is 1. The van der Waals surface area contributed by atoms with Crippen molar-refractivity contribution in [3.63, 3.8) is 0 Å². The average molecular weight is 304 g/mol. The number of amides is 1. The molecule has 5 nitrogen and oxygen atoms in total. The number of aryl methyl sites for hydroxylation is 1. The van der Waals surface area contributed by atoms with Crippen molar-refractivity contribution >= 4 is 6.09 Å². The van der Waals surface area contributed by atoms with Crippen LogP contribution in [0.4, 0.5) is 4.79 Å². The summed E-state index contributed by atoms with van der Waals surface area (Å²) in [6.07, 6.45) is 4.42. The van der Waals surface area contributed by atoms with Crippen LogP contribution in [0.15, 0.2) is 18.3 Å². The molecule has 0 radical (unpaired) electrons. The normalized spacial score (nSPS) is 23.5. The molecule has 1 saturated heterocycles. The van der Waals surface area contributed by atoms with E-state index in [9.17, 15) is 9.90 Å². The van der Waals surface area contributed by atoms with E-state index in [-0.39, 0.29) is 12.0 Å². The maximum atomic E-state index is 12.0. The molecule has 3 rings (SSSR count). The standard InChI is InChI=1S/C17H24N2O3/c1-16(2,3)22-15(20)19-10-17(21,11-19)13-8-4-6-12-7-5-9-18-14(12)13/h5,7,9,13,21H,4,6,8,10-11H2,1-3H3. The Hall–Kier alpha value is -1.62. The van der Waals surface area contributed by atoms with Crippen LogP contribution in [-0.4, -0.2) is 45.4 Å². The Kier molecular flexibility index (Phi) is 3.63. The van der Waals surface area contributed by atoms with Gasteiger partial charge in [-0.3, -0.25) is 4.98 Å². The van der Waals surface area contributed by atoms with Crippen LogP contribution in [0.2, 0.25) is 0 Å². The van der Waals surface area contributed by atoms with Gasteiger partial charge in [0.25, 0.3) is 0 Å². The Bertz CT molecular complexity index is 574. The SMILES string of the molecule is CC(C)(C)OC(=O)N1CC(O)(C2CCCc3cccnc32)C1. The molecule has 1 aromatic heterocycles. The second kappa shape index (κ2) is 5.23. The number of hydrogen-bond acceptors (Lipinski definition) is 4. The van der Waals surface area contributed by atoms with E-state index in [0.29, 0.717) is 13.1 Å². The van der Waals surface area contributed by atoms with E-state index in [1.165, 1.54) is 5.56 Å². The van der Waals surface area contributed by atoms with Crippen LogP contribution in [0.1, 0.15) is 50.8 Å². The molecule has 1 unspecified atom stereocenters. The molecular formula is C17H24N2O3. The summed E-state index contributed by atoms with van der Waals surface area (Å²) in [5.74, 6) is 0.0103. The summed E-state index contributed by atoms with van der Waals surface area (Å²) in [7, 11) is 0. The summed E-state index contributed by atoms with van der Waals surface area (Å²) >= 11 is 0. The Labute approximate surface area is 131 Å². The van der Waals surface area contributed by atoms with Gasteiger partial charge in [-0.05, 0) is 51.7 Å². The molecule has 1 aliphatic heterocycles. The van der Waals surface area contributed by atoms with Gasteiger partial charge in [0.2, 0.25) is 0 Å². The minimum atomic E-state index is -0.875. The number of likely N-dealkylation sites (tertiary alicyclic amines) is 1. The number of fused-ring (bicyclic) bond motifs is 1. The number of β-amino-alcohol motifs (C(OH)–C–C–N with tert-alkyl or cyclic N) is 1. The zero-order valence-electron chi connectivity index (χ0n) is 13.5. The number of pyridine rings is 1. The van der Waals surface area contributed by atoms with Gasteiger partial charge in [-0.25, -0.2) is 4.79 Å². The molecule has 0 spiro atoms. The predicted octanol–water partition coefficient (Wildman–Crippen LogP) is 2.48. The number of carbonyl (C=O) groups excluding carboxylic acids is 1. The third-order valence-corrected chi connectivity index (χ3v) is 4.42. The Morgan fingerprint density at radius 3 is 2.86 bits per heavy atom. The number of ether oxygens (including phenoxy) is 1. The summed E-state index contributed by atoms with van der Waals surface area (Å²) in [6, 6.07) is 4.03. The van der Waals surface area contributed by atoms with Crippen molar-refractivity contribution < 1.29 is 14.6 Å². The van der Waals surface area contributed by atoms with E-state index in [1.807, 2.05) is 26.8 Å². The van der Waals surface area contributed by atoms with E-state index in [4.69, 9.17) is 4.74 Å². The van der Waals surface area contributed by atoms with Gasteiger partial charge < -0.3 is 14.7 Å². The second-order valence-corrected chi connectivity index (χ2v) is 7.43. The van der Waals surface area contributed by atoms with E-state index in [2.05, 4.69) is 11.1 Å². The summed E-state index contributed by atoms with van der Waals surface area (Å²) in [4.78, 5) is 18.1. The van der Waals surface area contributed by atoms with Gasteiger partial charge in [-0.15, -0.1) is 0 Å². The van der Waals surface area contributed by atoms with Crippen LogP contribution < -0.4 is 0 Å².